The average molecular weight is 228 g/mol. The Bertz CT molecular complexity index is 315. The van der Waals surface area contributed by atoms with Crippen molar-refractivity contribution in [1.82, 2.24) is 5.32 Å². The third-order valence-corrected chi connectivity index (χ3v) is 3.39. The molecule has 0 saturated heterocycles. The Balaban J connectivity index is 2.11. The van der Waals surface area contributed by atoms with E-state index in [9.17, 15) is 0 Å². The van der Waals surface area contributed by atoms with Crippen molar-refractivity contribution in [3.05, 3.63) is 22.6 Å². The topological polar surface area (TPSA) is 25.2 Å². The highest BCUT2D eigenvalue weighted by atomic mass is 35.5. The first-order chi connectivity index (χ1) is 7.31. The molecule has 1 saturated carbocycles. The molecule has 0 aromatic carbocycles. The van der Waals surface area contributed by atoms with Gasteiger partial charge >= 0.3 is 0 Å². The molecule has 3 heteroatoms. The maximum absolute atomic E-state index is 6.19. The number of rotatable bonds is 3. The summed E-state index contributed by atoms with van der Waals surface area (Å²) in [6, 6.07) is 1.95. The molecule has 0 unspecified atom stereocenters. The van der Waals surface area contributed by atoms with Crippen LogP contribution in [0.5, 0.6) is 0 Å². The summed E-state index contributed by atoms with van der Waals surface area (Å²) in [6.07, 6.45) is 6.43. The summed E-state index contributed by atoms with van der Waals surface area (Å²) in [6.45, 7) is 0.756. The van der Waals surface area contributed by atoms with Crippen LogP contribution in [0.2, 0.25) is 5.02 Å². The van der Waals surface area contributed by atoms with Gasteiger partial charge in [-0.2, -0.15) is 0 Å². The first-order valence-corrected chi connectivity index (χ1v) is 6.11. The van der Waals surface area contributed by atoms with Gasteiger partial charge in [0.2, 0.25) is 0 Å². The summed E-state index contributed by atoms with van der Waals surface area (Å²) in [7, 11) is 1.91. The van der Waals surface area contributed by atoms with E-state index in [1.165, 1.54) is 32.1 Å². The number of nitrogens with one attached hydrogen (secondary N) is 1. The van der Waals surface area contributed by atoms with Crippen LogP contribution in [-0.2, 0) is 6.54 Å². The van der Waals surface area contributed by atoms with Crippen LogP contribution in [0, 0.1) is 0 Å². The van der Waals surface area contributed by atoms with Gasteiger partial charge < -0.3 is 9.73 Å². The standard InChI is InChI=1S/C12H18ClNO/c1-14-8-10-7-11(13)12(15-10)9-5-3-2-4-6-9/h7,9,14H,2-6,8H2,1H3. The van der Waals surface area contributed by atoms with Crippen LogP contribution in [0.3, 0.4) is 0 Å². The first kappa shape index (κ1) is 11.0. The molecule has 2 rings (SSSR count). The molecule has 0 aliphatic heterocycles. The van der Waals surface area contributed by atoms with Crippen LogP contribution in [0.25, 0.3) is 0 Å². The lowest BCUT2D eigenvalue weighted by Gasteiger charge is -2.19. The Morgan fingerprint density at radius 1 is 1.40 bits per heavy atom. The molecule has 1 N–H and O–H groups in total. The van der Waals surface area contributed by atoms with Crippen molar-refractivity contribution in [3.8, 4) is 0 Å². The molecule has 0 spiro atoms. The van der Waals surface area contributed by atoms with Crippen molar-refractivity contribution in [3.63, 3.8) is 0 Å². The highest BCUT2D eigenvalue weighted by Crippen LogP contribution is 2.37. The first-order valence-electron chi connectivity index (χ1n) is 5.74. The number of halogens is 1. The van der Waals surface area contributed by atoms with E-state index in [2.05, 4.69) is 5.32 Å². The second-order valence-electron chi connectivity index (χ2n) is 4.29. The Kier molecular flexibility index (Phi) is 3.71. The van der Waals surface area contributed by atoms with Crippen LogP contribution in [-0.4, -0.2) is 7.05 Å². The van der Waals surface area contributed by atoms with Gasteiger partial charge in [-0.15, -0.1) is 0 Å². The third kappa shape index (κ3) is 2.56. The molecule has 84 valence electrons. The SMILES string of the molecule is CNCc1cc(Cl)c(C2CCCCC2)o1. The molecule has 1 aromatic heterocycles. The molecule has 0 amide bonds. The number of hydrogen-bond donors (Lipinski definition) is 1. The normalized spacial score (nSPS) is 18.3. The molecule has 1 aliphatic rings. The van der Waals surface area contributed by atoms with Gasteiger partial charge in [-0.1, -0.05) is 30.9 Å². The molecular weight excluding hydrogens is 210 g/mol. The lowest BCUT2D eigenvalue weighted by Crippen LogP contribution is -2.05. The van der Waals surface area contributed by atoms with Crippen LogP contribution >= 0.6 is 11.6 Å². The molecule has 1 fully saturated rings. The average Bonchev–Trinajstić information content (AvgIpc) is 2.61. The molecule has 1 heterocycles. The minimum absolute atomic E-state index is 0.553. The van der Waals surface area contributed by atoms with Gasteiger partial charge in [0, 0.05) is 5.92 Å². The van der Waals surface area contributed by atoms with E-state index in [0.717, 1.165) is 23.1 Å². The van der Waals surface area contributed by atoms with Gasteiger partial charge in [0.25, 0.3) is 0 Å². The summed E-state index contributed by atoms with van der Waals surface area (Å²) in [5.41, 5.74) is 0. The number of hydrogen-bond acceptors (Lipinski definition) is 2. The van der Waals surface area contributed by atoms with Gasteiger partial charge in [-0.05, 0) is 26.0 Å². The Labute approximate surface area is 96.0 Å². The van der Waals surface area contributed by atoms with Crippen molar-refractivity contribution in [2.24, 2.45) is 0 Å². The quantitative estimate of drug-likeness (QED) is 0.852. The molecular formula is C12H18ClNO. The van der Waals surface area contributed by atoms with Crippen molar-refractivity contribution < 1.29 is 4.42 Å². The second-order valence-corrected chi connectivity index (χ2v) is 4.70. The van der Waals surface area contributed by atoms with Crippen LogP contribution < -0.4 is 5.32 Å². The zero-order chi connectivity index (χ0) is 10.7. The summed E-state index contributed by atoms with van der Waals surface area (Å²) in [5, 5.41) is 3.89. The van der Waals surface area contributed by atoms with Crippen molar-refractivity contribution in [2.75, 3.05) is 7.05 Å². The summed E-state index contributed by atoms with van der Waals surface area (Å²) >= 11 is 6.19. The molecule has 15 heavy (non-hydrogen) atoms. The number of furan rings is 1. The van der Waals surface area contributed by atoms with Crippen molar-refractivity contribution >= 4 is 11.6 Å². The fourth-order valence-electron chi connectivity index (χ4n) is 2.34. The molecule has 0 bridgehead atoms. The minimum atomic E-state index is 0.553. The predicted molar refractivity (Wildman–Crippen MR) is 62.3 cm³/mol. The van der Waals surface area contributed by atoms with E-state index in [4.69, 9.17) is 16.0 Å². The van der Waals surface area contributed by atoms with E-state index >= 15 is 0 Å². The van der Waals surface area contributed by atoms with E-state index in [1.54, 1.807) is 0 Å². The zero-order valence-electron chi connectivity index (χ0n) is 9.18. The Morgan fingerprint density at radius 2 is 2.13 bits per heavy atom. The molecule has 0 atom stereocenters. The van der Waals surface area contributed by atoms with Crippen molar-refractivity contribution in [1.29, 1.82) is 0 Å². The monoisotopic (exact) mass is 227 g/mol. The van der Waals surface area contributed by atoms with Crippen LogP contribution in [0.1, 0.15) is 49.5 Å². The van der Waals surface area contributed by atoms with E-state index in [0.29, 0.717) is 5.92 Å². The maximum atomic E-state index is 6.19. The van der Waals surface area contributed by atoms with Gasteiger partial charge in [-0.25, -0.2) is 0 Å². The van der Waals surface area contributed by atoms with E-state index in [1.807, 2.05) is 13.1 Å². The van der Waals surface area contributed by atoms with Gasteiger partial charge in [-0.3, -0.25) is 0 Å². The molecule has 2 nitrogen and oxygen atoms in total. The Morgan fingerprint density at radius 3 is 2.80 bits per heavy atom. The zero-order valence-corrected chi connectivity index (χ0v) is 9.94. The lowest BCUT2D eigenvalue weighted by atomic mass is 9.87. The molecule has 0 radical (unpaired) electrons. The van der Waals surface area contributed by atoms with Gasteiger partial charge in [0.05, 0.1) is 11.6 Å². The summed E-state index contributed by atoms with van der Waals surface area (Å²) in [5.74, 6) is 2.52. The van der Waals surface area contributed by atoms with E-state index in [-0.39, 0.29) is 0 Å². The van der Waals surface area contributed by atoms with Crippen LogP contribution in [0.4, 0.5) is 0 Å². The van der Waals surface area contributed by atoms with Gasteiger partial charge in [0.1, 0.15) is 11.5 Å². The third-order valence-electron chi connectivity index (χ3n) is 3.09. The summed E-state index contributed by atoms with van der Waals surface area (Å²) in [4.78, 5) is 0. The predicted octanol–water partition coefficient (Wildman–Crippen LogP) is 3.70. The van der Waals surface area contributed by atoms with Crippen molar-refractivity contribution in [2.45, 2.75) is 44.6 Å². The van der Waals surface area contributed by atoms with E-state index < -0.39 is 0 Å². The smallest absolute Gasteiger partial charge is 0.125 e. The van der Waals surface area contributed by atoms with Crippen LogP contribution in [0.15, 0.2) is 10.5 Å². The highest BCUT2D eigenvalue weighted by Gasteiger charge is 2.22. The molecule has 1 aromatic rings. The minimum Gasteiger partial charge on any atom is -0.463 e. The highest BCUT2D eigenvalue weighted by molar-refractivity contribution is 6.31. The largest absolute Gasteiger partial charge is 0.463 e. The second kappa shape index (κ2) is 5.04. The summed E-state index contributed by atoms with van der Waals surface area (Å²) < 4.78 is 5.80. The lowest BCUT2D eigenvalue weighted by molar-refractivity contribution is 0.359. The molecule has 1 aliphatic carbocycles. The maximum Gasteiger partial charge on any atom is 0.125 e. The fourth-order valence-corrected chi connectivity index (χ4v) is 2.65. The van der Waals surface area contributed by atoms with Gasteiger partial charge in [0.15, 0.2) is 0 Å². The Hall–Kier alpha value is -0.470. The fraction of sp³-hybridized carbons (Fsp3) is 0.667.